The third-order valence-corrected chi connectivity index (χ3v) is 7.46. The molecule has 2 saturated heterocycles. The molecule has 3 aliphatic rings. The molecule has 0 bridgehead atoms. The Hall–Kier alpha value is -2.61. The van der Waals surface area contributed by atoms with E-state index in [9.17, 15) is 0 Å². The van der Waals surface area contributed by atoms with Crippen LogP contribution in [-0.4, -0.2) is 42.9 Å². The first-order chi connectivity index (χ1) is 15.8. The standard InChI is InChI=1S/C25H27N3O3S/c1-2-6-18(7-3-1)23-15-27(14-20-13-26-25(32-20)28-10-4-5-11-28)16-24(31-23)19-8-9-21-22(12-19)30-17-29-21/h1-3,6-9,12-13,23-24H,4-5,10-11,14-17H2/t23-,24+/m0/s1. The molecule has 7 heteroatoms. The maximum absolute atomic E-state index is 6.61. The van der Waals surface area contributed by atoms with Gasteiger partial charge >= 0.3 is 0 Å². The van der Waals surface area contributed by atoms with Gasteiger partial charge in [-0.05, 0) is 36.1 Å². The summed E-state index contributed by atoms with van der Waals surface area (Å²) in [6.45, 7) is 5.13. The zero-order chi connectivity index (χ0) is 21.3. The van der Waals surface area contributed by atoms with E-state index in [-0.39, 0.29) is 19.0 Å². The fourth-order valence-corrected chi connectivity index (χ4v) is 5.76. The first-order valence-corrected chi connectivity index (χ1v) is 12.2. The molecule has 32 heavy (non-hydrogen) atoms. The average molecular weight is 450 g/mol. The average Bonchev–Trinajstić information content (AvgIpc) is 3.60. The predicted octanol–water partition coefficient (Wildman–Crippen LogP) is 4.79. The smallest absolute Gasteiger partial charge is 0.231 e. The summed E-state index contributed by atoms with van der Waals surface area (Å²) < 4.78 is 17.7. The molecular formula is C25H27N3O3S. The van der Waals surface area contributed by atoms with E-state index >= 15 is 0 Å². The van der Waals surface area contributed by atoms with Crippen molar-refractivity contribution >= 4 is 16.5 Å². The Kier molecular flexibility index (Phi) is 5.46. The number of nitrogens with zero attached hydrogens (tertiary/aromatic N) is 3. The Morgan fingerprint density at radius 1 is 0.906 bits per heavy atom. The van der Waals surface area contributed by atoms with Gasteiger partial charge in [-0.15, -0.1) is 11.3 Å². The number of thiazole rings is 1. The topological polar surface area (TPSA) is 47.1 Å². The molecular weight excluding hydrogens is 422 g/mol. The lowest BCUT2D eigenvalue weighted by Gasteiger charge is -2.38. The van der Waals surface area contributed by atoms with Crippen molar-refractivity contribution in [3.05, 3.63) is 70.7 Å². The van der Waals surface area contributed by atoms with Crippen LogP contribution in [0.4, 0.5) is 5.13 Å². The van der Waals surface area contributed by atoms with Gasteiger partial charge in [0.2, 0.25) is 6.79 Å². The van der Waals surface area contributed by atoms with Gasteiger partial charge in [-0.1, -0.05) is 36.4 Å². The molecule has 0 radical (unpaired) electrons. The number of rotatable bonds is 5. The molecule has 166 valence electrons. The Labute approximate surface area is 192 Å². The number of hydrogen-bond donors (Lipinski definition) is 0. The minimum Gasteiger partial charge on any atom is -0.454 e. The molecule has 0 unspecified atom stereocenters. The number of anilines is 1. The van der Waals surface area contributed by atoms with Gasteiger partial charge in [-0.2, -0.15) is 0 Å². The Bertz CT molecular complexity index is 1070. The first kappa shape index (κ1) is 20.0. The van der Waals surface area contributed by atoms with E-state index in [1.807, 2.05) is 17.4 Å². The van der Waals surface area contributed by atoms with Gasteiger partial charge in [0, 0.05) is 43.8 Å². The van der Waals surface area contributed by atoms with Crippen LogP contribution in [-0.2, 0) is 11.3 Å². The molecule has 0 N–H and O–H groups in total. The number of fused-ring (bicyclic) bond motifs is 1. The zero-order valence-electron chi connectivity index (χ0n) is 18.0. The highest BCUT2D eigenvalue weighted by Crippen LogP contribution is 2.39. The lowest BCUT2D eigenvalue weighted by Crippen LogP contribution is -2.39. The van der Waals surface area contributed by atoms with Gasteiger partial charge in [-0.25, -0.2) is 4.98 Å². The van der Waals surface area contributed by atoms with Crippen LogP contribution in [0.15, 0.2) is 54.7 Å². The number of ether oxygens (including phenoxy) is 3. The Morgan fingerprint density at radius 3 is 2.53 bits per heavy atom. The quantitative estimate of drug-likeness (QED) is 0.558. The molecule has 1 aromatic heterocycles. The van der Waals surface area contributed by atoms with Gasteiger partial charge in [-0.3, -0.25) is 4.90 Å². The molecule has 4 heterocycles. The summed E-state index contributed by atoms with van der Waals surface area (Å²) in [5.41, 5.74) is 2.34. The summed E-state index contributed by atoms with van der Waals surface area (Å²) in [5, 5.41) is 1.16. The maximum Gasteiger partial charge on any atom is 0.231 e. The molecule has 0 saturated carbocycles. The zero-order valence-corrected chi connectivity index (χ0v) is 18.8. The second-order valence-electron chi connectivity index (χ2n) is 8.63. The molecule has 0 amide bonds. The van der Waals surface area contributed by atoms with Crippen molar-refractivity contribution in [3.8, 4) is 11.5 Å². The second-order valence-corrected chi connectivity index (χ2v) is 9.73. The van der Waals surface area contributed by atoms with E-state index < -0.39 is 0 Å². The van der Waals surface area contributed by atoms with E-state index in [1.54, 1.807) is 0 Å². The number of benzene rings is 2. The fraction of sp³-hybridized carbons (Fsp3) is 0.400. The molecule has 6 rings (SSSR count). The highest BCUT2D eigenvalue weighted by atomic mass is 32.1. The second kappa shape index (κ2) is 8.73. The van der Waals surface area contributed by atoms with Crippen molar-refractivity contribution in [1.29, 1.82) is 0 Å². The van der Waals surface area contributed by atoms with Crippen LogP contribution in [0, 0.1) is 0 Å². The predicted molar refractivity (Wildman–Crippen MR) is 124 cm³/mol. The normalized spacial score (nSPS) is 23.1. The van der Waals surface area contributed by atoms with E-state index in [2.05, 4.69) is 58.5 Å². The van der Waals surface area contributed by atoms with Crippen LogP contribution in [0.25, 0.3) is 0 Å². The van der Waals surface area contributed by atoms with Crippen LogP contribution in [0.1, 0.15) is 41.1 Å². The summed E-state index contributed by atoms with van der Waals surface area (Å²) in [7, 11) is 0. The molecule has 3 aliphatic heterocycles. The van der Waals surface area contributed by atoms with Crippen molar-refractivity contribution < 1.29 is 14.2 Å². The van der Waals surface area contributed by atoms with Crippen LogP contribution < -0.4 is 14.4 Å². The van der Waals surface area contributed by atoms with E-state index in [4.69, 9.17) is 19.2 Å². The largest absolute Gasteiger partial charge is 0.454 e. The summed E-state index contributed by atoms with van der Waals surface area (Å²) in [6.07, 6.45) is 4.59. The monoisotopic (exact) mass is 449 g/mol. The fourth-order valence-electron chi connectivity index (χ4n) is 4.75. The SMILES string of the molecule is c1ccc([C@@H]2CN(Cc3cnc(N4CCCC4)s3)C[C@H](c3ccc4c(c3)OCO4)O2)cc1. The third kappa shape index (κ3) is 4.08. The Morgan fingerprint density at radius 2 is 1.69 bits per heavy atom. The van der Waals surface area contributed by atoms with Crippen molar-refractivity contribution in [1.82, 2.24) is 9.88 Å². The third-order valence-electron chi connectivity index (χ3n) is 6.41. The van der Waals surface area contributed by atoms with Gasteiger partial charge < -0.3 is 19.1 Å². The number of aromatic nitrogens is 1. The minimum atomic E-state index is -0.0329. The van der Waals surface area contributed by atoms with Crippen molar-refractivity contribution in [3.63, 3.8) is 0 Å². The van der Waals surface area contributed by atoms with Crippen LogP contribution in [0.2, 0.25) is 0 Å². The van der Waals surface area contributed by atoms with Crippen molar-refractivity contribution in [2.24, 2.45) is 0 Å². The van der Waals surface area contributed by atoms with E-state index in [1.165, 1.54) is 23.3 Å². The van der Waals surface area contributed by atoms with E-state index in [0.29, 0.717) is 0 Å². The molecule has 0 spiro atoms. The summed E-state index contributed by atoms with van der Waals surface area (Å²) in [6, 6.07) is 16.7. The summed E-state index contributed by atoms with van der Waals surface area (Å²) in [5.74, 6) is 1.61. The number of hydrogen-bond acceptors (Lipinski definition) is 7. The van der Waals surface area contributed by atoms with E-state index in [0.717, 1.165) is 54.9 Å². The Balaban J connectivity index is 1.24. The highest BCUT2D eigenvalue weighted by molar-refractivity contribution is 7.15. The molecule has 0 aliphatic carbocycles. The van der Waals surface area contributed by atoms with Crippen molar-refractivity contribution in [2.75, 3.05) is 37.9 Å². The van der Waals surface area contributed by atoms with Crippen LogP contribution in [0.3, 0.4) is 0 Å². The van der Waals surface area contributed by atoms with Gasteiger partial charge in [0.05, 0.1) is 12.2 Å². The lowest BCUT2D eigenvalue weighted by molar-refractivity contribution is -0.0920. The summed E-state index contributed by atoms with van der Waals surface area (Å²) in [4.78, 5) is 10.9. The minimum absolute atomic E-state index is 0.0198. The molecule has 2 atom stereocenters. The highest BCUT2D eigenvalue weighted by Gasteiger charge is 2.31. The molecule has 6 nitrogen and oxygen atoms in total. The van der Waals surface area contributed by atoms with Gasteiger partial charge in [0.25, 0.3) is 0 Å². The molecule has 3 aromatic rings. The molecule has 2 fully saturated rings. The van der Waals surface area contributed by atoms with Crippen LogP contribution in [0.5, 0.6) is 11.5 Å². The summed E-state index contributed by atoms with van der Waals surface area (Å²) >= 11 is 1.83. The maximum atomic E-state index is 6.61. The molecule has 2 aromatic carbocycles. The first-order valence-electron chi connectivity index (χ1n) is 11.3. The van der Waals surface area contributed by atoms with Crippen LogP contribution >= 0.6 is 11.3 Å². The lowest BCUT2D eigenvalue weighted by atomic mass is 10.0. The van der Waals surface area contributed by atoms with Crippen molar-refractivity contribution in [2.45, 2.75) is 31.6 Å². The van der Waals surface area contributed by atoms with Gasteiger partial charge in [0.1, 0.15) is 0 Å². The number of morpholine rings is 1. The van der Waals surface area contributed by atoms with Gasteiger partial charge in [0.15, 0.2) is 16.6 Å².